The third kappa shape index (κ3) is 2.09. The van der Waals surface area contributed by atoms with E-state index >= 15 is 0 Å². The van der Waals surface area contributed by atoms with Gasteiger partial charge < -0.3 is 11.1 Å². The Bertz CT molecular complexity index is 710. The van der Waals surface area contributed by atoms with Gasteiger partial charge >= 0.3 is 0 Å². The maximum Gasteiger partial charge on any atom is 0.259 e. The molecule has 2 aromatic rings. The molecule has 0 bridgehead atoms. The normalized spacial score (nSPS) is 13.0. The molecule has 4 N–H and O–H groups in total. The fourth-order valence-corrected chi connectivity index (χ4v) is 2.17. The van der Waals surface area contributed by atoms with Crippen molar-refractivity contribution in [3.63, 3.8) is 0 Å². The summed E-state index contributed by atoms with van der Waals surface area (Å²) in [5.41, 5.74) is 9.16. The molecule has 0 aromatic heterocycles. The van der Waals surface area contributed by atoms with E-state index in [0.717, 1.165) is 11.3 Å². The van der Waals surface area contributed by atoms with Crippen molar-refractivity contribution >= 4 is 23.2 Å². The summed E-state index contributed by atoms with van der Waals surface area (Å²) in [4.78, 5) is 23.0. The number of hydrogen-bond acceptors (Lipinski definition) is 4. The highest BCUT2D eigenvalue weighted by atomic mass is 16.2. The summed E-state index contributed by atoms with van der Waals surface area (Å²) in [6, 6.07) is 12.7. The van der Waals surface area contributed by atoms with Crippen LogP contribution < -0.4 is 16.4 Å². The van der Waals surface area contributed by atoms with Gasteiger partial charge in [-0.25, -0.2) is 0 Å². The van der Waals surface area contributed by atoms with Gasteiger partial charge in [0.2, 0.25) is 0 Å². The van der Waals surface area contributed by atoms with Gasteiger partial charge in [0.1, 0.15) is 0 Å². The average molecular weight is 267 g/mol. The molecule has 100 valence electrons. The lowest BCUT2D eigenvalue weighted by Crippen LogP contribution is -2.19. The van der Waals surface area contributed by atoms with Crippen LogP contribution in [-0.4, -0.2) is 11.8 Å². The average Bonchev–Trinajstić information content (AvgIpc) is 2.73. The first-order valence-electron chi connectivity index (χ1n) is 6.22. The lowest BCUT2D eigenvalue weighted by Gasteiger charge is -2.09. The number of nitrogens with one attached hydrogen (secondary N) is 2. The van der Waals surface area contributed by atoms with Crippen LogP contribution in [0.4, 0.5) is 11.4 Å². The van der Waals surface area contributed by atoms with Crippen molar-refractivity contribution in [2.24, 2.45) is 0 Å². The fraction of sp³-hybridized carbons (Fsp3) is 0.0667. The molecule has 0 saturated carbocycles. The van der Waals surface area contributed by atoms with E-state index in [1.54, 1.807) is 18.2 Å². The first-order chi connectivity index (χ1) is 9.65. The standard InChI is InChI=1S/C15H13N3O2/c16-13-4-2-1-3-9(13)8-17-10-5-6-11-12(7-10)15(20)18-14(11)19/h1-7,17H,8,16H2,(H,18,19,20). The molecular formula is C15H13N3O2. The van der Waals surface area contributed by atoms with Crippen LogP contribution >= 0.6 is 0 Å². The van der Waals surface area contributed by atoms with Crippen molar-refractivity contribution in [2.45, 2.75) is 6.54 Å². The SMILES string of the molecule is Nc1ccccc1CNc1ccc2c(c1)C(=O)NC2=O. The van der Waals surface area contributed by atoms with Crippen LogP contribution in [0.15, 0.2) is 42.5 Å². The third-order valence-electron chi connectivity index (χ3n) is 3.27. The molecule has 20 heavy (non-hydrogen) atoms. The van der Waals surface area contributed by atoms with E-state index in [9.17, 15) is 9.59 Å². The third-order valence-corrected chi connectivity index (χ3v) is 3.27. The van der Waals surface area contributed by atoms with Crippen molar-refractivity contribution in [1.29, 1.82) is 0 Å². The summed E-state index contributed by atoms with van der Waals surface area (Å²) in [5.74, 6) is -0.697. The van der Waals surface area contributed by atoms with E-state index in [4.69, 9.17) is 5.73 Å². The Labute approximate surface area is 115 Å². The Hall–Kier alpha value is -2.82. The van der Waals surface area contributed by atoms with Crippen molar-refractivity contribution in [3.05, 3.63) is 59.2 Å². The highest BCUT2D eigenvalue weighted by Gasteiger charge is 2.26. The minimum absolute atomic E-state index is 0.344. The molecule has 2 amide bonds. The monoisotopic (exact) mass is 267 g/mol. The number of hydrogen-bond donors (Lipinski definition) is 3. The molecule has 5 nitrogen and oxygen atoms in total. The van der Waals surface area contributed by atoms with Gasteiger partial charge in [-0.3, -0.25) is 14.9 Å². The molecule has 0 spiro atoms. The Morgan fingerprint density at radius 3 is 2.55 bits per heavy atom. The van der Waals surface area contributed by atoms with Gasteiger partial charge in [-0.1, -0.05) is 18.2 Å². The minimum atomic E-state index is -0.354. The van der Waals surface area contributed by atoms with Crippen molar-refractivity contribution < 1.29 is 9.59 Å². The van der Waals surface area contributed by atoms with Gasteiger partial charge in [0.15, 0.2) is 0 Å². The lowest BCUT2D eigenvalue weighted by atomic mass is 10.1. The zero-order chi connectivity index (χ0) is 14.1. The summed E-state index contributed by atoms with van der Waals surface area (Å²) in [7, 11) is 0. The van der Waals surface area contributed by atoms with Gasteiger partial charge in [0.25, 0.3) is 11.8 Å². The van der Waals surface area contributed by atoms with E-state index in [1.165, 1.54) is 0 Å². The van der Waals surface area contributed by atoms with Gasteiger partial charge in [0.05, 0.1) is 11.1 Å². The number of carbonyl (C=O) groups is 2. The maximum atomic E-state index is 11.6. The van der Waals surface area contributed by atoms with Crippen molar-refractivity contribution in [2.75, 3.05) is 11.1 Å². The Morgan fingerprint density at radius 1 is 1.00 bits per heavy atom. The van der Waals surface area contributed by atoms with Crippen molar-refractivity contribution in [1.82, 2.24) is 5.32 Å². The molecule has 1 heterocycles. The van der Waals surface area contributed by atoms with Crippen LogP contribution in [0, 0.1) is 0 Å². The number of amides is 2. The number of benzene rings is 2. The number of fused-ring (bicyclic) bond motifs is 1. The predicted molar refractivity (Wildman–Crippen MR) is 76.4 cm³/mol. The molecule has 0 aliphatic carbocycles. The predicted octanol–water partition coefficient (Wildman–Crippen LogP) is 1.76. The minimum Gasteiger partial charge on any atom is -0.398 e. The molecule has 3 rings (SSSR count). The molecule has 0 atom stereocenters. The summed E-state index contributed by atoms with van der Waals surface area (Å²) in [6.45, 7) is 0.557. The summed E-state index contributed by atoms with van der Waals surface area (Å²) in [6.07, 6.45) is 0. The maximum absolute atomic E-state index is 11.6. The van der Waals surface area contributed by atoms with Crippen LogP contribution in [-0.2, 0) is 6.54 Å². The van der Waals surface area contributed by atoms with Crippen LogP contribution in [0.2, 0.25) is 0 Å². The van der Waals surface area contributed by atoms with Gasteiger partial charge in [-0.15, -0.1) is 0 Å². The number of rotatable bonds is 3. The van der Waals surface area contributed by atoms with Crippen LogP contribution in [0.3, 0.4) is 0 Å². The molecule has 0 radical (unpaired) electrons. The summed E-state index contributed by atoms with van der Waals surface area (Å²) >= 11 is 0. The smallest absolute Gasteiger partial charge is 0.259 e. The molecule has 0 unspecified atom stereocenters. The zero-order valence-corrected chi connectivity index (χ0v) is 10.6. The van der Waals surface area contributed by atoms with Gasteiger partial charge in [-0.2, -0.15) is 0 Å². The number of nitrogen functional groups attached to an aromatic ring is 1. The van der Waals surface area contributed by atoms with Gasteiger partial charge in [-0.05, 0) is 29.8 Å². The van der Waals surface area contributed by atoms with E-state index in [1.807, 2.05) is 24.3 Å². The number of carbonyl (C=O) groups excluding carboxylic acids is 2. The lowest BCUT2D eigenvalue weighted by molar-refractivity contribution is 0.0879. The molecule has 1 aliphatic rings. The van der Waals surface area contributed by atoms with E-state index in [0.29, 0.717) is 23.4 Å². The molecule has 0 fully saturated rings. The second kappa shape index (κ2) is 4.70. The Kier molecular flexibility index (Phi) is 2.87. The number of nitrogens with two attached hydrogens (primary N) is 1. The van der Waals surface area contributed by atoms with Crippen LogP contribution in [0.25, 0.3) is 0 Å². The highest BCUT2D eigenvalue weighted by molar-refractivity contribution is 6.21. The Balaban J connectivity index is 1.80. The first kappa shape index (κ1) is 12.2. The fourth-order valence-electron chi connectivity index (χ4n) is 2.17. The number of anilines is 2. The zero-order valence-electron chi connectivity index (χ0n) is 10.6. The van der Waals surface area contributed by atoms with Crippen molar-refractivity contribution in [3.8, 4) is 0 Å². The van der Waals surface area contributed by atoms with E-state index < -0.39 is 0 Å². The second-order valence-electron chi connectivity index (χ2n) is 4.60. The largest absolute Gasteiger partial charge is 0.398 e. The van der Waals surface area contributed by atoms with Crippen LogP contribution in [0.1, 0.15) is 26.3 Å². The summed E-state index contributed by atoms with van der Waals surface area (Å²) < 4.78 is 0. The quantitative estimate of drug-likeness (QED) is 0.584. The molecule has 5 heteroatoms. The number of imide groups is 1. The topological polar surface area (TPSA) is 84.2 Å². The van der Waals surface area contributed by atoms with Gasteiger partial charge in [0, 0.05) is 17.9 Å². The van der Waals surface area contributed by atoms with E-state index in [2.05, 4.69) is 10.6 Å². The Morgan fingerprint density at radius 2 is 1.75 bits per heavy atom. The van der Waals surface area contributed by atoms with Crippen LogP contribution in [0.5, 0.6) is 0 Å². The highest BCUT2D eigenvalue weighted by Crippen LogP contribution is 2.21. The first-order valence-corrected chi connectivity index (χ1v) is 6.22. The summed E-state index contributed by atoms with van der Waals surface area (Å²) in [5, 5.41) is 5.46. The molecule has 0 saturated heterocycles. The molecular weight excluding hydrogens is 254 g/mol. The molecule has 2 aromatic carbocycles. The second-order valence-corrected chi connectivity index (χ2v) is 4.60. The molecule has 1 aliphatic heterocycles. The number of para-hydroxylation sites is 1. The van der Waals surface area contributed by atoms with E-state index in [-0.39, 0.29) is 11.8 Å².